The summed E-state index contributed by atoms with van der Waals surface area (Å²) in [6.07, 6.45) is 0. The van der Waals surface area contributed by atoms with Crippen LogP contribution in [-0.4, -0.2) is 32.1 Å². The maximum Gasteiger partial charge on any atom is 0.315 e. The van der Waals surface area contributed by atoms with Crippen molar-refractivity contribution in [3.8, 4) is 0 Å². The van der Waals surface area contributed by atoms with Crippen molar-refractivity contribution in [3.05, 3.63) is 0 Å². The molecule has 0 amide bonds. The average molecular weight is 222 g/mol. The van der Waals surface area contributed by atoms with Gasteiger partial charge in [-0.3, -0.25) is 9.59 Å². The molecule has 1 fully saturated rings. The molecule has 0 radical (unpaired) electrons. The third kappa shape index (κ3) is 1.80. The van der Waals surface area contributed by atoms with Crippen molar-refractivity contribution >= 4 is 11.9 Å². The number of carbonyl (C=O) groups excluding carboxylic acids is 2. The van der Waals surface area contributed by atoms with Crippen molar-refractivity contribution in [1.29, 1.82) is 0 Å². The molecule has 0 aliphatic heterocycles. The topological polar surface area (TPSA) is 52.6 Å². The van der Waals surface area contributed by atoms with E-state index in [0.29, 0.717) is 0 Å². The molecule has 2 unspecified atom stereocenters. The van der Waals surface area contributed by atoms with Crippen molar-refractivity contribution in [3.63, 3.8) is 0 Å². The largest absolute Gasteiger partial charge is 0.469 e. The van der Waals surface area contributed by atoms with Gasteiger partial charge in [0.1, 0.15) is 5.92 Å². The highest BCUT2D eigenvalue weighted by molar-refractivity contribution is 5.81. The van der Waals surface area contributed by atoms with Crippen molar-refractivity contribution in [1.82, 2.24) is 0 Å². The maximum atomic E-state index is 13.1. The van der Waals surface area contributed by atoms with Gasteiger partial charge in [-0.15, -0.1) is 0 Å². The Morgan fingerprint density at radius 2 is 1.80 bits per heavy atom. The first-order valence-electron chi connectivity index (χ1n) is 4.41. The zero-order valence-electron chi connectivity index (χ0n) is 8.62. The average Bonchev–Trinajstić information content (AvgIpc) is 2.78. The first kappa shape index (κ1) is 11.9. The van der Waals surface area contributed by atoms with Crippen LogP contribution in [0.2, 0.25) is 0 Å². The van der Waals surface area contributed by atoms with E-state index in [1.807, 2.05) is 0 Å². The number of carbonyl (C=O) groups is 2. The molecule has 86 valence electrons. The molecule has 15 heavy (non-hydrogen) atoms. The second kappa shape index (κ2) is 3.75. The van der Waals surface area contributed by atoms with Crippen LogP contribution in [0, 0.1) is 17.8 Å². The molecule has 1 rings (SSSR count). The standard InChI is InChI=1S/C9H12F2O4/c1-4(7(12)14-2)5-6(8(13)15-3)9(5,10)11/h4-6H,1-3H3/t4-,5?,6?/m0/s1. The number of esters is 2. The summed E-state index contributed by atoms with van der Waals surface area (Å²) in [6.45, 7) is 1.31. The lowest BCUT2D eigenvalue weighted by atomic mass is 10.1. The minimum Gasteiger partial charge on any atom is -0.469 e. The number of hydrogen-bond donors (Lipinski definition) is 0. The van der Waals surface area contributed by atoms with Crippen molar-refractivity contribution in [2.45, 2.75) is 12.8 Å². The van der Waals surface area contributed by atoms with Gasteiger partial charge in [-0.05, 0) is 0 Å². The number of hydrogen-bond acceptors (Lipinski definition) is 4. The zero-order chi connectivity index (χ0) is 11.8. The van der Waals surface area contributed by atoms with Gasteiger partial charge in [-0.2, -0.15) is 0 Å². The monoisotopic (exact) mass is 222 g/mol. The Labute approximate surface area is 85.5 Å². The Hall–Kier alpha value is -1.20. The van der Waals surface area contributed by atoms with E-state index < -0.39 is 35.6 Å². The van der Waals surface area contributed by atoms with Crippen LogP contribution in [0.4, 0.5) is 8.78 Å². The van der Waals surface area contributed by atoms with Gasteiger partial charge in [0.05, 0.1) is 26.1 Å². The van der Waals surface area contributed by atoms with Crippen molar-refractivity contribution < 1.29 is 27.8 Å². The predicted molar refractivity (Wildman–Crippen MR) is 45.1 cm³/mol. The highest BCUT2D eigenvalue weighted by Crippen LogP contribution is 2.59. The van der Waals surface area contributed by atoms with Gasteiger partial charge < -0.3 is 9.47 Å². The summed E-state index contributed by atoms with van der Waals surface area (Å²) in [5, 5.41) is 0. The van der Waals surface area contributed by atoms with E-state index in [9.17, 15) is 18.4 Å². The van der Waals surface area contributed by atoms with Crippen LogP contribution in [0.25, 0.3) is 0 Å². The Balaban J connectivity index is 2.74. The number of rotatable bonds is 3. The summed E-state index contributed by atoms with van der Waals surface area (Å²) in [6, 6.07) is 0. The normalized spacial score (nSPS) is 29.1. The Morgan fingerprint density at radius 1 is 1.27 bits per heavy atom. The molecule has 0 spiro atoms. The highest BCUT2D eigenvalue weighted by Gasteiger charge is 2.75. The van der Waals surface area contributed by atoms with E-state index in [1.54, 1.807) is 0 Å². The molecule has 1 aliphatic rings. The SMILES string of the molecule is COC(=O)C1C([C@H](C)C(=O)OC)C1(F)F. The molecule has 0 aromatic carbocycles. The van der Waals surface area contributed by atoms with Gasteiger partial charge in [0, 0.05) is 0 Å². The molecule has 0 N–H and O–H groups in total. The third-order valence-corrected chi connectivity index (χ3v) is 2.68. The molecule has 1 aliphatic carbocycles. The fraction of sp³-hybridized carbons (Fsp3) is 0.778. The van der Waals surface area contributed by atoms with Crippen LogP contribution in [-0.2, 0) is 19.1 Å². The van der Waals surface area contributed by atoms with Gasteiger partial charge in [0.2, 0.25) is 0 Å². The zero-order valence-corrected chi connectivity index (χ0v) is 8.62. The minimum absolute atomic E-state index is 0.744. The molecule has 3 atom stereocenters. The van der Waals surface area contributed by atoms with Crippen molar-refractivity contribution in [2.24, 2.45) is 17.8 Å². The number of halogens is 2. The minimum atomic E-state index is -3.17. The Bertz CT molecular complexity index is 290. The number of ether oxygens (including phenoxy) is 2. The van der Waals surface area contributed by atoms with E-state index in [-0.39, 0.29) is 0 Å². The lowest BCUT2D eigenvalue weighted by Crippen LogP contribution is -2.18. The molecule has 0 bridgehead atoms. The van der Waals surface area contributed by atoms with E-state index >= 15 is 0 Å². The van der Waals surface area contributed by atoms with Crippen LogP contribution in [0.15, 0.2) is 0 Å². The Kier molecular flexibility index (Phi) is 2.97. The first-order chi connectivity index (χ1) is 6.87. The summed E-state index contributed by atoms with van der Waals surface area (Å²) in [5.41, 5.74) is 0. The van der Waals surface area contributed by atoms with Gasteiger partial charge in [0.15, 0.2) is 0 Å². The van der Waals surface area contributed by atoms with Gasteiger partial charge in [-0.25, -0.2) is 8.78 Å². The molecular formula is C9H12F2O4. The summed E-state index contributed by atoms with van der Waals surface area (Å²) in [7, 11) is 2.16. The molecule has 0 aromatic rings. The first-order valence-corrected chi connectivity index (χ1v) is 4.41. The summed E-state index contributed by atoms with van der Waals surface area (Å²) in [4.78, 5) is 22.0. The van der Waals surface area contributed by atoms with Gasteiger partial charge in [0.25, 0.3) is 5.92 Å². The lowest BCUT2D eigenvalue weighted by molar-refractivity contribution is -0.146. The second-order valence-electron chi connectivity index (χ2n) is 3.51. The second-order valence-corrected chi connectivity index (χ2v) is 3.51. The summed E-state index contributed by atoms with van der Waals surface area (Å²) in [5.74, 6) is -8.73. The van der Waals surface area contributed by atoms with Gasteiger partial charge in [-0.1, -0.05) is 6.92 Å². The quantitative estimate of drug-likeness (QED) is 0.664. The third-order valence-electron chi connectivity index (χ3n) is 2.68. The fourth-order valence-corrected chi connectivity index (χ4v) is 1.74. The summed E-state index contributed by atoms with van der Waals surface area (Å²) < 4.78 is 34.8. The number of alkyl halides is 2. The van der Waals surface area contributed by atoms with Crippen LogP contribution in [0.3, 0.4) is 0 Å². The molecule has 4 nitrogen and oxygen atoms in total. The lowest BCUT2D eigenvalue weighted by Gasteiger charge is -2.06. The van der Waals surface area contributed by atoms with Gasteiger partial charge >= 0.3 is 11.9 Å². The molecule has 1 saturated carbocycles. The van der Waals surface area contributed by atoms with E-state index in [1.165, 1.54) is 6.92 Å². The molecule has 0 heterocycles. The fourth-order valence-electron chi connectivity index (χ4n) is 1.74. The van der Waals surface area contributed by atoms with Crippen LogP contribution >= 0.6 is 0 Å². The van der Waals surface area contributed by atoms with E-state index in [2.05, 4.69) is 9.47 Å². The molecular weight excluding hydrogens is 210 g/mol. The smallest absolute Gasteiger partial charge is 0.315 e. The van der Waals surface area contributed by atoms with Crippen LogP contribution in [0.1, 0.15) is 6.92 Å². The van der Waals surface area contributed by atoms with Crippen molar-refractivity contribution in [2.75, 3.05) is 14.2 Å². The molecule has 0 aromatic heterocycles. The summed E-state index contributed by atoms with van der Waals surface area (Å²) >= 11 is 0. The predicted octanol–water partition coefficient (Wildman–Crippen LogP) is 0.850. The van der Waals surface area contributed by atoms with Crippen LogP contribution < -0.4 is 0 Å². The Morgan fingerprint density at radius 3 is 2.20 bits per heavy atom. The van der Waals surface area contributed by atoms with E-state index in [0.717, 1.165) is 14.2 Å². The molecule has 0 saturated heterocycles. The molecule has 6 heteroatoms. The van der Waals surface area contributed by atoms with E-state index in [4.69, 9.17) is 0 Å². The van der Waals surface area contributed by atoms with Crippen LogP contribution in [0.5, 0.6) is 0 Å². The maximum absolute atomic E-state index is 13.1. The highest BCUT2D eigenvalue weighted by atomic mass is 19.3. The number of methoxy groups -OCH3 is 2.